The van der Waals surface area contributed by atoms with Crippen molar-refractivity contribution in [3.63, 3.8) is 0 Å². The third kappa shape index (κ3) is 3.03. The van der Waals surface area contributed by atoms with Gasteiger partial charge in [-0.15, -0.1) is 6.58 Å². The Morgan fingerprint density at radius 1 is 0.966 bits per heavy atom. The number of para-hydroxylation sites is 1. The molecule has 2 aromatic carbocycles. The molecule has 2 aliphatic rings. The normalized spacial score (nSPS) is 26.8. The Morgan fingerprint density at radius 2 is 1.59 bits per heavy atom. The van der Waals surface area contributed by atoms with Crippen molar-refractivity contribution in [1.82, 2.24) is 4.90 Å². The average molecular weight is 389 g/mol. The molecule has 2 aliphatic heterocycles. The van der Waals surface area contributed by atoms with Crippen molar-refractivity contribution < 1.29 is 9.59 Å². The van der Waals surface area contributed by atoms with E-state index in [1.54, 1.807) is 0 Å². The number of fused-ring (bicyclic) bond motifs is 1. The third-order valence-corrected chi connectivity index (χ3v) is 6.54. The number of imide groups is 1. The maximum atomic E-state index is 13.5. The molecule has 4 atom stereocenters. The second-order valence-electron chi connectivity index (χ2n) is 8.43. The van der Waals surface area contributed by atoms with Gasteiger partial charge >= 0.3 is 0 Å². The molecule has 150 valence electrons. The first kappa shape index (κ1) is 19.6. The number of benzene rings is 2. The fourth-order valence-corrected chi connectivity index (χ4v) is 5.19. The lowest BCUT2D eigenvalue weighted by atomic mass is 9.90. The highest BCUT2D eigenvalue weighted by Gasteiger charge is 2.60. The largest absolute Gasteiger partial charge is 0.288 e. The molecule has 0 N–H and O–H groups in total. The van der Waals surface area contributed by atoms with Crippen LogP contribution < -0.4 is 4.90 Å². The summed E-state index contributed by atoms with van der Waals surface area (Å²) in [7, 11) is 0. The van der Waals surface area contributed by atoms with E-state index in [1.807, 2.05) is 44.2 Å². The van der Waals surface area contributed by atoms with Gasteiger partial charge in [-0.05, 0) is 44.4 Å². The molecule has 4 heteroatoms. The van der Waals surface area contributed by atoms with Gasteiger partial charge in [-0.1, -0.05) is 54.1 Å². The van der Waals surface area contributed by atoms with E-state index in [0.717, 1.165) is 16.8 Å². The highest BCUT2D eigenvalue weighted by atomic mass is 16.2. The molecule has 2 amide bonds. The van der Waals surface area contributed by atoms with Crippen LogP contribution in [-0.4, -0.2) is 28.8 Å². The van der Waals surface area contributed by atoms with Crippen LogP contribution in [0.4, 0.5) is 5.69 Å². The number of anilines is 1. The Labute approximate surface area is 172 Å². The van der Waals surface area contributed by atoms with Gasteiger partial charge in [-0.3, -0.25) is 14.5 Å². The predicted octanol–water partition coefficient (Wildman–Crippen LogP) is 4.18. The second-order valence-corrected chi connectivity index (χ2v) is 8.43. The minimum absolute atomic E-state index is 0.0331. The molecular formula is C25H28N2O2. The summed E-state index contributed by atoms with van der Waals surface area (Å²) in [6, 6.07) is 14.1. The van der Waals surface area contributed by atoms with Crippen LogP contribution in [0, 0.1) is 32.6 Å². The van der Waals surface area contributed by atoms with Crippen molar-refractivity contribution in [2.24, 2.45) is 11.8 Å². The van der Waals surface area contributed by atoms with Gasteiger partial charge in [-0.2, -0.15) is 0 Å². The Hall–Kier alpha value is -2.72. The van der Waals surface area contributed by atoms with E-state index in [4.69, 9.17) is 0 Å². The van der Waals surface area contributed by atoms with Gasteiger partial charge in [0.25, 0.3) is 0 Å². The molecule has 4 rings (SSSR count). The van der Waals surface area contributed by atoms with Crippen molar-refractivity contribution in [3.05, 3.63) is 77.4 Å². The van der Waals surface area contributed by atoms with Crippen molar-refractivity contribution >= 4 is 17.5 Å². The number of hydrogen-bond donors (Lipinski definition) is 0. The first-order valence-corrected chi connectivity index (χ1v) is 10.2. The van der Waals surface area contributed by atoms with Crippen LogP contribution in [0.1, 0.15) is 29.2 Å². The number of nitrogens with zero attached hydrogens (tertiary/aromatic N) is 2. The highest BCUT2D eigenvalue weighted by Crippen LogP contribution is 2.46. The van der Waals surface area contributed by atoms with Crippen molar-refractivity contribution in [1.29, 1.82) is 0 Å². The number of likely N-dealkylation sites (tertiary alicyclic amines) is 1. The number of amides is 2. The number of rotatable bonds is 4. The Morgan fingerprint density at radius 3 is 2.21 bits per heavy atom. The van der Waals surface area contributed by atoms with Gasteiger partial charge in [0.1, 0.15) is 0 Å². The van der Waals surface area contributed by atoms with Crippen molar-refractivity contribution in [3.8, 4) is 0 Å². The van der Waals surface area contributed by atoms with E-state index in [0.29, 0.717) is 6.54 Å². The van der Waals surface area contributed by atoms with E-state index in [1.165, 1.54) is 16.0 Å². The van der Waals surface area contributed by atoms with Crippen LogP contribution >= 0.6 is 0 Å². The standard InChI is InChI=1S/C25H28N2O2/c1-6-20-22-21(18(5)26(20)14-19-12-7-9-15(2)13-19)24(28)27(25(22)29)23-16(3)10-8-11-17(23)4/h6-13,18,20-22H,1,14H2,2-5H3. The molecule has 2 fully saturated rings. The van der Waals surface area contributed by atoms with Crippen LogP contribution in [0.25, 0.3) is 0 Å². The van der Waals surface area contributed by atoms with Gasteiger partial charge in [0, 0.05) is 18.6 Å². The Kier molecular flexibility index (Phi) is 4.91. The smallest absolute Gasteiger partial charge is 0.239 e. The lowest BCUT2D eigenvalue weighted by Crippen LogP contribution is -2.43. The first-order chi connectivity index (χ1) is 13.8. The maximum absolute atomic E-state index is 13.5. The SMILES string of the molecule is C=CC1C2C(=O)N(c3c(C)cccc3C)C(=O)C2C(C)N1Cc1cccc(C)c1. The van der Waals surface area contributed by atoms with E-state index < -0.39 is 0 Å². The highest BCUT2D eigenvalue weighted by molar-refractivity contribution is 6.23. The molecule has 4 nitrogen and oxygen atoms in total. The molecule has 2 saturated heterocycles. The van der Waals surface area contributed by atoms with Crippen molar-refractivity contribution in [2.75, 3.05) is 4.90 Å². The van der Waals surface area contributed by atoms with Gasteiger partial charge in [0.2, 0.25) is 11.8 Å². The van der Waals surface area contributed by atoms with Crippen LogP contribution in [0.5, 0.6) is 0 Å². The second kappa shape index (κ2) is 7.27. The molecular weight excluding hydrogens is 360 g/mol. The van der Waals surface area contributed by atoms with E-state index >= 15 is 0 Å². The van der Waals surface area contributed by atoms with Crippen LogP contribution in [-0.2, 0) is 16.1 Å². The zero-order valence-electron chi connectivity index (χ0n) is 17.6. The van der Waals surface area contributed by atoms with E-state index in [9.17, 15) is 9.59 Å². The molecule has 0 radical (unpaired) electrons. The van der Waals surface area contributed by atoms with Gasteiger partial charge < -0.3 is 0 Å². The lowest BCUT2D eigenvalue weighted by molar-refractivity contribution is -0.123. The van der Waals surface area contributed by atoms with Crippen LogP contribution in [0.15, 0.2) is 55.1 Å². The van der Waals surface area contributed by atoms with E-state index in [-0.39, 0.29) is 35.7 Å². The summed E-state index contributed by atoms with van der Waals surface area (Å²) >= 11 is 0. The minimum atomic E-state index is -0.376. The third-order valence-electron chi connectivity index (χ3n) is 6.54. The molecule has 0 saturated carbocycles. The maximum Gasteiger partial charge on any atom is 0.239 e. The zero-order valence-corrected chi connectivity index (χ0v) is 17.6. The fraction of sp³-hybridized carbons (Fsp3) is 0.360. The topological polar surface area (TPSA) is 40.6 Å². The zero-order chi connectivity index (χ0) is 20.9. The molecule has 2 aromatic rings. The summed E-state index contributed by atoms with van der Waals surface area (Å²) in [6.07, 6.45) is 1.84. The average Bonchev–Trinajstić information content (AvgIpc) is 3.09. The summed E-state index contributed by atoms with van der Waals surface area (Å²) in [5, 5.41) is 0. The quantitative estimate of drug-likeness (QED) is 0.583. The molecule has 0 aromatic heterocycles. The number of hydrogen-bond acceptors (Lipinski definition) is 3. The summed E-state index contributed by atoms with van der Waals surface area (Å²) < 4.78 is 0. The molecule has 0 spiro atoms. The molecule has 29 heavy (non-hydrogen) atoms. The Bertz CT molecular complexity index is 976. The van der Waals surface area contributed by atoms with E-state index in [2.05, 4.69) is 43.5 Å². The van der Waals surface area contributed by atoms with Crippen molar-refractivity contribution in [2.45, 2.75) is 46.3 Å². The monoisotopic (exact) mass is 388 g/mol. The summed E-state index contributed by atoms with van der Waals surface area (Å²) in [6.45, 7) is 12.8. The number of carbonyl (C=O) groups excluding carboxylic acids is 2. The molecule has 0 bridgehead atoms. The van der Waals surface area contributed by atoms with Crippen LogP contribution in [0.3, 0.4) is 0 Å². The lowest BCUT2D eigenvalue weighted by Gasteiger charge is -2.31. The van der Waals surface area contributed by atoms with Gasteiger partial charge in [0.15, 0.2) is 0 Å². The molecule has 4 unspecified atom stereocenters. The number of carbonyl (C=O) groups is 2. The molecule has 0 aliphatic carbocycles. The summed E-state index contributed by atoms with van der Waals surface area (Å²) in [4.78, 5) is 30.7. The predicted molar refractivity (Wildman–Crippen MR) is 116 cm³/mol. The van der Waals surface area contributed by atoms with Crippen LogP contribution in [0.2, 0.25) is 0 Å². The molecule has 2 heterocycles. The van der Waals surface area contributed by atoms with Gasteiger partial charge in [-0.25, -0.2) is 4.90 Å². The summed E-state index contributed by atoms with van der Waals surface area (Å²) in [5.74, 6) is -0.891. The minimum Gasteiger partial charge on any atom is -0.288 e. The van der Waals surface area contributed by atoms with Gasteiger partial charge in [0.05, 0.1) is 17.5 Å². The first-order valence-electron chi connectivity index (χ1n) is 10.2. The number of aryl methyl sites for hydroxylation is 3. The fourth-order valence-electron chi connectivity index (χ4n) is 5.19. The Balaban J connectivity index is 1.69. The summed E-state index contributed by atoms with van der Waals surface area (Å²) in [5.41, 5.74) is 5.04.